The van der Waals surface area contributed by atoms with Crippen LogP contribution in [0.4, 0.5) is 5.69 Å². The molecule has 25 heavy (non-hydrogen) atoms. The SMILES string of the molecule is Cc1cc(Cl)ccc1S(=O)(=O)Nc1ccnc(Sc2ccccn2)c1. The molecule has 8 heteroatoms. The smallest absolute Gasteiger partial charge is 0.262 e. The van der Waals surface area contributed by atoms with Crippen molar-refractivity contribution in [2.45, 2.75) is 21.9 Å². The van der Waals surface area contributed by atoms with Crippen LogP contribution in [0.2, 0.25) is 5.02 Å². The van der Waals surface area contributed by atoms with Crippen molar-refractivity contribution < 1.29 is 8.42 Å². The zero-order valence-corrected chi connectivity index (χ0v) is 15.6. The molecule has 3 aromatic rings. The molecule has 3 rings (SSSR count). The van der Waals surface area contributed by atoms with E-state index in [1.165, 1.54) is 17.8 Å². The molecule has 0 fully saturated rings. The van der Waals surface area contributed by atoms with Crippen LogP contribution >= 0.6 is 23.4 Å². The van der Waals surface area contributed by atoms with Crippen molar-refractivity contribution in [3.63, 3.8) is 0 Å². The summed E-state index contributed by atoms with van der Waals surface area (Å²) >= 11 is 7.25. The summed E-state index contributed by atoms with van der Waals surface area (Å²) in [6.07, 6.45) is 3.25. The summed E-state index contributed by atoms with van der Waals surface area (Å²) < 4.78 is 27.8. The van der Waals surface area contributed by atoms with E-state index in [2.05, 4.69) is 14.7 Å². The van der Waals surface area contributed by atoms with Crippen LogP contribution in [0.15, 0.2) is 75.9 Å². The predicted molar refractivity (Wildman–Crippen MR) is 99.6 cm³/mol. The number of anilines is 1. The number of hydrogen-bond acceptors (Lipinski definition) is 5. The van der Waals surface area contributed by atoms with Gasteiger partial charge >= 0.3 is 0 Å². The van der Waals surface area contributed by atoms with Gasteiger partial charge in [0.25, 0.3) is 10.0 Å². The Morgan fingerprint density at radius 2 is 1.80 bits per heavy atom. The maximum absolute atomic E-state index is 12.6. The maximum Gasteiger partial charge on any atom is 0.262 e. The lowest BCUT2D eigenvalue weighted by atomic mass is 10.2. The number of sulfonamides is 1. The third-order valence-electron chi connectivity index (χ3n) is 3.26. The van der Waals surface area contributed by atoms with Gasteiger partial charge in [-0.05, 0) is 55.0 Å². The fraction of sp³-hybridized carbons (Fsp3) is 0.0588. The summed E-state index contributed by atoms with van der Waals surface area (Å²) in [6, 6.07) is 13.5. The number of hydrogen-bond donors (Lipinski definition) is 1. The Kier molecular flexibility index (Phi) is 5.27. The first-order chi connectivity index (χ1) is 11.9. The Morgan fingerprint density at radius 1 is 1.00 bits per heavy atom. The number of benzene rings is 1. The lowest BCUT2D eigenvalue weighted by molar-refractivity contribution is 0.600. The molecule has 0 spiro atoms. The molecule has 0 radical (unpaired) electrons. The Morgan fingerprint density at radius 3 is 2.52 bits per heavy atom. The minimum absolute atomic E-state index is 0.188. The average molecular weight is 392 g/mol. The second kappa shape index (κ2) is 7.43. The van der Waals surface area contributed by atoms with Gasteiger partial charge < -0.3 is 0 Å². The molecule has 0 aliphatic rings. The van der Waals surface area contributed by atoms with Gasteiger partial charge in [-0.1, -0.05) is 29.4 Å². The number of nitrogens with zero attached hydrogens (tertiary/aromatic N) is 2. The molecular weight excluding hydrogens is 378 g/mol. The van der Waals surface area contributed by atoms with E-state index in [-0.39, 0.29) is 4.90 Å². The van der Waals surface area contributed by atoms with Gasteiger partial charge in [-0.2, -0.15) is 0 Å². The van der Waals surface area contributed by atoms with Crippen LogP contribution in [0.1, 0.15) is 5.56 Å². The summed E-state index contributed by atoms with van der Waals surface area (Å²) in [4.78, 5) is 8.64. The summed E-state index contributed by atoms with van der Waals surface area (Å²) in [5, 5.41) is 1.92. The van der Waals surface area contributed by atoms with Crippen molar-refractivity contribution in [3.05, 3.63) is 71.5 Å². The van der Waals surface area contributed by atoms with E-state index in [1.54, 1.807) is 43.6 Å². The first-order valence-corrected chi connectivity index (χ1v) is 9.96. The Labute approximate surface area is 155 Å². The summed E-state index contributed by atoms with van der Waals surface area (Å²) in [5.41, 5.74) is 1.01. The third kappa shape index (κ3) is 4.50. The number of aromatic nitrogens is 2. The summed E-state index contributed by atoms with van der Waals surface area (Å²) in [6.45, 7) is 1.70. The first kappa shape index (κ1) is 17.7. The minimum Gasteiger partial charge on any atom is -0.279 e. The highest BCUT2D eigenvalue weighted by Crippen LogP contribution is 2.27. The molecule has 0 unspecified atom stereocenters. The number of nitrogens with one attached hydrogen (secondary N) is 1. The zero-order chi connectivity index (χ0) is 17.9. The van der Waals surface area contributed by atoms with E-state index in [0.29, 0.717) is 21.3 Å². The molecule has 0 aliphatic carbocycles. The van der Waals surface area contributed by atoms with E-state index in [0.717, 1.165) is 5.03 Å². The van der Waals surface area contributed by atoms with Gasteiger partial charge in [-0.15, -0.1) is 0 Å². The standard InChI is InChI=1S/C17H14ClN3O2S2/c1-12-10-13(18)5-6-15(12)25(22,23)21-14-7-9-20-17(11-14)24-16-4-2-3-8-19-16/h2-11H,1H3,(H,20,21). The van der Waals surface area contributed by atoms with Gasteiger partial charge in [0.1, 0.15) is 10.1 Å². The first-order valence-electron chi connectivity index (χ1n) is 7.28. The Bertz CT molecular complexity index is 996. The van der Waals surface area contributed by atoms with Gasteiger partial charge in [0, 0.05) is 17.4 Å². The van der Waals surface area contributed by atoms with Crippen LogP contribution in [-0.4, -0.2) is 18.4 Å². The molecule has 0 bridgehead atoms. The van der Waals surface area contributed by atoms with Gasteiger partial charge in [0.15, 0.2) is 0 Å². The molecule has 1 aromatic carbocycles. The lowest BCUT2D eigenvalue weighted by Crippen LogP contribution is -2.14. The molecule has 0 saturated carbocycles. The van der Waals surface area contributed by atoms with E-state index < -0.39 is 10.0 Å². The molecule has 0 amide bonds. The molecule has 128 valence electrons. The average Bonchev–Trinajstić information content (AvgIpc) is 2.55. The molecule has 2 aromatic heterocycles. The normalized spacial score (nSPS) is 11.3. The topological polar surface area (TPSA) is 72.0 Å². The van der Waals surface area contributed by atoms with Crippen molar-refractivity contribution in [2.75, 3.05) is 4.72 Å². The molecule has 5 nitrogen and oxygen atoms in total. The molecule has 0 aliphatic heterocycles. The maximum atomic E-state index is 12.6. The fourth-order valence-corrected chi connectivity index (χ4v) is 4.45. The number of halogens is 1. The van der Waals surface area contributed by atoms with Crippen LogP contribution in [0.3, 0.4) is 0 Å². The zero-order valence-electron chi connectivity index (χ0n) is 13.2. The third-order valence-corrected chi connectivity index (χ3v) is 5.92. The van der Waals surface area contributed by atoms with Crippen molar-refractivity contribution in [3.8, 4) is 0 Å². The number of aryl methyl sites for hydroxylation is 1. The largest absolute Gasteiger partial charge is 0.279 e. The number of rotatable bonds is 5. The quantitative estimate of drug-likeness (QED) is 0.698. The van der Waals surface area contributed by atoms with E-state index in [4.69, 9.17) is 11.6 Å². The lowest BCUT2D eigenvalue weighted by Gasteiger charge is -2.11. The highest BCUT2D eigenvalue weighted by Gasteiger charge is 2.17. The van der Waals surface area contributed by atoms with Gasteiger partial charge in [-0.3, -0.25) is 4.72 Å². The summed E-state index contributed by atoms with van der Waals surface area (Å²) in [7, 11) is -3.71. The monoisotopic (exact) mass is 391 g/mol. The highest BCUT2D eigenvalue weighted by molar-refractivity contribution is 7.99. The second-order valence-electron chi connectivity index (χ2n) is 5.17. The van der Waals surface area contributed by atoms with Crippen molar-refractivity contribution in [1.29, 1.82) is 0 Å². The van der Waals surface area contributed by atoms with Crippen molar-refractivity contribution in [1.82, 2.24) is 9.97 Å². The van der Waals surface area contributed by atoms with E-state index in [9.17, 15) is 8.42 Å². The van der Waals surface area contributed by atoms with Crippen LogP contribution in [0.5, 0.6) is 0 Å². The summed E-state index contributed by atoms with van der Waals surface area (Å²) in [5.74, 6) is 0. The molecule has 0 saturated heterocycles. The van der Waals surface area contributed by atoms with Crippen LogP contribution < -0.4 is 4.72 Å². The van der Waals surface area contributed by atoms with Gasteiger partial charge in [0.2, 0.25) is 0 Å². The fourth-order valence-electron chi connectivity index (χ4n) is 2.17. The van der Waals surface area contributed by atoms with Crippen molar-refractivity contribution in [2.24, 2.45) is 0 Å². The van der Waals surface area contributed by atoms with Crippen molar-refractivity contribution >= 4 is 39.1 Å². The van der Waals surface area contributed by atoms with E-state index in [1.807, 2.05) is 18.2 Å². The van der Waals surface area contributed by atoms with Gasteiger partial charge in [0.05, 0.1) is 10.6 Å². The van der Waals surface area contributed by atoms with E-state index >= 15 is 0 Å². The molecule has 1 N–H and O–H groups in total. The second-order valence-corrected chi connectivity index (χ2v) is 8.30. The van der Waals surface area contributed by atoms with Crippen LogP contribution in [-0.2, 0) is 10.0 Å². The van der Waals surface area contributed by atoms with Gasteiger partial charge in [-0.25, -0.2) is 18.4 Å². The molecule has 0 atom stereocenters. The Balaban J connectivity index is 1.84. The molecule has 2 heterocycles. The predicted octanol–water partition coefficient (Wildman–Crippen LogP) is 4.39. The highest BCUT2D eigenvalue weighted by atomic mass is 35.5. The molecular formula is C17H14ClN3O2S2. The Hall–Kier alpha value is -2.09. The number of pyridine rings is 2. The van der Waals surface area contributed by atoms with Crippen LogP contribution in [0.25, 0.3) is 0 Å². The van der Waals surface area contributed by atoms with Crippen LogP contribution in [0, 0.1) is 6.92 Å². The minimum atomic E-state index is -3.71.